The Labute approximate surface area is 138 Å². The molecule has 4 heteroatoms. The van der Waals surface area contributed by atoms with E-state index in [9.17, 15) is 10.1 Å². The van der Waals surface area contributed by atoms with Crippen LogP contribution in [0.1, 0.15) is 16.7 Å². The zero-order chi connectivity index (χ0) is 16.1. The van der Waals surface area contributed by atoms with Crippen molar-refractivity contribution in [1.82, 2.24) is 0 Å². The largest absolute Gasteiger partial charge is 0.321 e. The third-order valence-electron chi connectivity index (χ3n) is 3.18. The van der Waals surface area contributed by atoms with Gasteiger partial charge < -0.3 is 5.32 Å². The number of benzene rings is 2. The second-order valence-electron chi connectivity index (χ2n) is 4.99. The number of rotatable bonds is 3. The van der Waals surface area contributed by atoms with Crippen molar-refractivity contribution in [2.45, 2.75) is 13.8 Å². The molecule has 0 aromatic heterocycles. The minimum absolute atomic E-state index is 0.0716. The van der Waals surface area contributed by atoms with E-state index in [-0.39, 0.29) is 5.57 Å². The summed E-state index contributed by atoms with van der Waals surface area (Å²) in [6, 6.07) is 15.1. The summed E-state index contributed by atoms with van der Waals surface area (Å²) >= 11 is 3.35. The maximum Gasteiger partial charge on any atom is 0.266 e. The molecule has 0 spiro atoms. The Balaban J connectivity index is 2.22. The van der Waals surface area contributed by atoms with Gasteiger partial charge in [0.2, 0.25) is 0 Å². The van der Waals surface area contributed by atoms with Crippen LogP contribution in [-0.4, -0.2) is 5.91 Å². The van der Waals surface area contributed by atoms with Crippen LogP contribution < -0.4 is 5.32 Å². The van der Waals surface area contributed by atoms with Crippen molar-refractivity contribution in [1.29, 1.82) is 5.26 Å². The first kappa shape index (κ1) is 16.0. The van der Waals surface area contributed by atoms with Crippen LogP contribution in [0.2, 0.25) is 0 Å². The summed E-state index contributed by atoms with van der Waals surface area (Å²) in [6.07, 6.45) is 1.57. The van der Waals surface area contributed by atoms with Crippen LogP contribution in [0.5, 0.6) is 0 Å². The standard InChI is InChI=1S/C18H15BrN2O/c1-12-3-8-17(13(2)9-12)21-18(22)15(11-20)10-14-4-6-16(19)7-5-14/h3-10H,1-2H3,(H,21,22)/b15-10+. The van der Waals surface area contributed by atoms with E-state index in [2.05, 4.69) is 21.2 Å². The molecule has 0 aliphatic rings. The predicted molar refractivity (Wildman–Crippen MR) is 92.3 cm³/mol. The Morgan fingerprint density at radius 3 is 2.45 bits per heavy atom. The SMILES string of the molecule is Cc1ccc(NC(=O)/C(C#N)=C/c2ccc(Br)cc2)c(C)c1. The molecule has 0 atom stereocenters. The molecule has 0 radical (unpaired) electrons. The summed E-state index contributed by atoms with van der Waals surface area (Å²) in [6.45, 7) is 3.92. The topological polar surface area (TPSA) is 52.9 Å². The molecular weight excluding hydrogens is 340 g/mol. The summed E-state index contributed by atoms with van der Waals surface area (Å²) in [7, 11) is 0. The number of carbonyl (C=O) groups excluding carboxylic acids is 1. The van der Waals surface area contributed by atoms with Gasteiger partial charge in [0.15, 0.2) is 0 Å². The molecule has 0 saturated heterocycles. The Hall–Kier alpha value is -2.38. The third-order valence-corrected chi connectivity index (χ3v) is 3.70. The maximum atomic E-state index is 12.2. The highest BCUT2D eigenvalue weighted by Gasteiger charge is 2.10. The number of hydrogen-bond acceptors (Lipinski definition) is 2. The van der Waals surface area contributed by atoms with Crippen molar-refractivity contribution >= 4 is 33.6 Å². The Morgan fingerprint density at radius 1 is 1.18 bits per heavy atom. The lowest BCUT2D eigenvalue weighted by Crippen LogP contribution is -2.14. The number of anilines is 1. The number of carbonyl (C=O) groups is 1. The number of amides is 1. The van der Waals surface area contributed by atoms with Gasteiger partial charge in [-0.15, -0.1) is 0 Å². The van der Waals surface area contributed by atoms with Gasteiger partial charge >= 0.3 is 0 Å². The second-order valence-corrected chi connectivity index (χ2v) is 5.91. The van der Waals surface area contributed by atoms with Gasteiger partial charge in [-0.3, -0.25) is 4.79 Å². The molecule has 110 valence electrons. The molecule has 0 aliphatic heterocycles. The summed E-state index contributed by atoms with van der Waals surface area (Å²) in [4.78, 5) is 12.2. The molecule has 22 heavy (non-hydrogen) atoms. The van der Waals surface area contributed by atoms with E-state index in [1.165, 1.54) is 0 Å². The van der Waals surface area contributed by atoms with Gasteiger partial charge in [-0.05, 0) is 49.2 Å². The number of nitriles is 1. The second kappa shape index (κ2) is 7.06. The van der Waals surface area contributed by atoms with Crippen LogP contribution in [-0.2, 0) is 4.79 Å². The number of nitrogens with zero attached hydrogens (tertiary/aromatic N) is 1. The van der Waals surface area contributed by atoms with E-state index in [0.717, 1.165) is 21.2 Å². The van der Waals surface area contributed by atoms with Gasteiger partial charge in [0.25, 0.3) is 5.91 Å². The molecule has 0 fully saturated rings. The van der Waals surface area contributed by atoms with Crippen molar-refractivity contribution in [2.75, 3.05) is 5.32 Å². The monoisotopic (exact) mass is 354 g/mol. The van der Waals surface area contributed by atoms with Gasteiger partial charge in [-0.2, -0.15) is 5.26 Å². The minimum atomic E-state index is -0.405. The van der Waals surface area contributed by atoms with Gasteiger partial charge in [0.05, 0.1) is 0 Å². The lowest BCUT2D eigenvalue weighted by Gasteiger charge is -2.08. The maximum absolute atomic E-state index is 12.2. The highest BCUT2D eigenvalue weighted by molar-refractivity contribution is 9.10. The zero-order valence-corrected chi connectivity index (χ0v) is 13.9. The van der Waals surface area contributed by atoms with Crippen molar-refractivity contribution in [2.24, 2.45) is 0 Å². The summed E-state index contributed by atoms with van der Waals surface area (Å²) in [5.41, 5.74) is 3.68. The van der Waals surface area contributed by atoms with Crippen LogP contribution in [0.3, 0.4) is 0 Å². The molecule has 0 heterocycles. The fraction of sp³-hybridized carbons (Fsp3) is 0.111. The van der Waals surface area contributed by atoms with Crippen LogP contribution >= 0.6 is 15.9 Å². The summed E-state index contributed by atoms with van der Waals surface area (Å²) < 4.78 is 0.947. The molecule has 0 bridgehead atoms. The molecule has 0 saturated carbocycles. The van der Waals surface area contributed by atoms with E-state index >= 15 is 0 Å². The first-order valence-corrected chi connectivity index (χ1v) is 7.55. The quantitative estimate of drug-likeness (QED) is 0.646. The van der Waals surface area contributed by atoms with Crippen LogP contribution in [0.25, 0.3) is 6.08 Å². The third kappa shape index (κ3) is 4.06. The first-order valence-electron chi connectivity index (χ1n) is 6.75. The number of nitrogens with one attached hydrogen (secondary N) is 1. The predicted octanol–water partition coefficient (Wildman–Crippen LogP) is 4.61. The van der Waals surface area contributed by atoms with E-state index in [0.29, 0.717) is 5.69 Å². The highest BCUT2D eigenvalue weighted by Crippen LogP contribution is 2.18. The smallest absolute Gasteiger partial charge is 0.266 e. The minimum Gasteiger partial charge on any atom is -0.321 e. The number of aryl methyl sites for hydroxylation is 2. The molecule has 0 aliphatic carbocycles. The van der Waals surface area contributed by atoms with Crippen LogP contribution in [0, 0.1) is 25.2 Å². The lowest BCUT2D eigenvalue weighted by molar-refractivity contribution is -0.112. The van der Waals surface area contributed by atoms with Gasteiger partial charge in [-0.1, -0.05) is 45.8 Å². The van der Waals surface area contributed by atoms with Crippen molar-refractivity contribution in [3.63, 3.8) is 0 Å². The molecule has 2 rings (SSSR count). The summed E-state index contributed by atoms with van der Waals surface area (Å²) in [5, 5.41) is 12.0. The fourth-order valence-corrected chi connectivity index (χ4v) is 2.28. The van der Waals surface area contributed by atoms with Crippen LogP contribution in [0.15, 0.2) is 52.5 Å². The van der Waals surface area contributed by atoms with Crippen molar-refractivity contribution < 1.29 is 4.79 Å². The zero-order valence-electron chi connectivity index (χ0n) is 12.4. The van der Waals surface area contributed by atoms with E-state index in [4.69, 9.17) is 0 Å². The lowest BCUT2D eigenvalue weighted by atomic mass is 10.1. The van der Waals surface area contributed by atoms with Gasteiger partial charge in [-0.25, -0.2) is 0 Å². The van der Waals surface area contributed by atoms with E-state index in [1.54, 1.807) is 6.08 Å². The first-order chi connectivity index (χ1) is 10.5. The van der Waals surface area contributed by atoms with Gasteiger partial charge in [0, 0.05) is 10.2 Å². The average molecular weight is 355 g/mol. The van der Waals surface area contributed by atoms with E-state index in [1.807, 2.05) is 62.4 Å². The highest BCUT2D eigenvalue weighted by atomic mass is 79.9. The summed E-state index contributed by atoms with van der Waals surface area (Å²) in [5.74, 6) is -0.405. The molecular formula is C18H15BrN2O. The van der Waals surface area contributed by atoms with Crippen LogP contribution in [0.4, 0.5) is 5.69 Å². The molecule has 3 nitrogen and oxygen atoms in total. The average Bonchev–Trinajstić information content (AvgIpc) is 2.49. The number of halogens is 1. The Kier molecular flexibility index (Phi) is 5.13. The van der Waals surface area contributed by atoms with Crippen molar-refractivity contribution in [3.8, 4) is 6.07 Å². The fourth-order valence-electron chi connectivity index (χ4n) is 2.02. The number of hydrogen-bond donors (Lipinski definition) is 1. The Morgan fingerprint density at radius 2 is 1.86 bits per heavy atom. The van der Waals surface area contributed by atoms with Crippen molar-refractivity contribution in [3.05, 3.63) is 69.2 Å². The van der Waals surface area contributed by atoms with Gasteiger partial charge in [0.1, 0.15) is 11.6 Å². The Bertz CT molecular complexity index is 771. The van der Waals surface area contributed by atoms with E-state index < -0.39 is 5.91 Å². The molecule has 1 N–H and O–H groups in total. The molecule has 1 amide bonds. The molecule has 2 aromatic carbocycles. The normalized spacial score (nSPS) is 10.9. The molecule has 2 aromatic rings. The molecule has 0 unspecified atom stereocenters.